The lowest BCUT2D eigenvalue weighted by atomic mass is 9.95. The lowest BCUT2D eigenvalue weighted by Gasteiger charge is -2.47. The standard InChI is InChI=1S/C18H36N2O9/c1-7(2)25-15-9(5-21)28-18(12(20)13(15)23)29-16-10(6-22)27-17(26-8(3)4)11(19)14(16)24/h7-18,21-24H,5-6,19-20H2,1-4H3. The first-order valence-electron chi connectivity index (χ1n) is 9.97. The van der Waals surface area contributed by atoms with Crippen LogP contribution in [0.25, 0.3) is 0 Å². The highest BCUT2D eigenvalue weighted by molar-refractivity contribution is 4.97. The monoisotopic (exact) mass is 424 g/mol. The third kappa shape index (κ3) is 5.83. The Hall–Kier alpha value is -0.440. The first-order valence-corrected chi connectivity index (χ1v) is 9.97. The number of hydrogen-bond acceptors (Lipinski definition) is 11. The van der Waals surface area contributed by atoms with E-state index in [1.807, 2.05) is 0 Å². The van der Waals surface area contributed by atoms with Gasteiger partial charge in [-0.15, -0.1) is 0 Å². The molecule has 2 aliphatic rings. The van der Waals surface area contributed by atoms with Gasteiger partial charge in [0.25, 0.3) is 0 Å². The molecule has 0 radical (unpaired) electrons. The van der Waals surface area contributed by atoms with E-state index in [2.05, 4.69) is 0 Å². The molecule has 10 atom stereocenters. The fraction of sp³-hybridized carbons (Fsp3) is 1.00. The number of hydrogen-bond donors (Lipinski definition) is 6. The van der Waals surface area contributed by atoms with Gasteiger partial charge in [-0.2, -0.15) is 0 Å². The van der Waals surface area contributed by atoms with Gasteiger partial charge in [0.1, 0.15) is 36.6 Å². The second-order valence-electron chi connectivity index (χ2n) is 8.02. The highest BCUT2D eigenvalue weighted by atomic mass is 16.7. The Balaban J connectivity index is 2.12. The molecule has 2 heterocycles. The molecule has 0 bridgehead atoms. The van der Waals surface area contributed by atoms with Crippen molar-refractivity contribution in [2.45, 2.75) is 101 Å². The molecule has 0 spiro atoms. The maximum atomic E-state index is 10.6. The zero-order valence-corrected chi connectivity index (χ0v) is 17.3. The summed E-state index contributed by atoms with van der Waals surface area (Å²) in [4.78, 5) is 0. The molecule has 8 N–H and O–H groups in total. The third-order valence-corrected chi connectivity index (χ3v) is 4.93. The third-order valence-electron chi connectivity index (χ3n) is 4.93. The van der Waals surface area contributed by atoms with E-state index in [1.54, 1.807) is 27.7 Å². The summed E-state index contributed by atoms with van der Waals surface area (Å²) in [6.45, 7) is 6.25. The lowest BCUT2D eigenvalue weighted by Crippen LogP contribution is -2.68. The Bertz CT molecular complexity index is 494. The molecule has 2 aliphatic heterocycles. The molecule has 2 saturated heterocycles. The van der Waals surface area contributed by atoms with Crippen molar-refractivity contribution < 1.29 is 44.1 Å². The molecule has 0 amide bonds. The summed E-state index contributed by atoms with van der Waals surface area (Å²) in [5.74, 6) is 0. The van der Waals surface area contributed by atoms with Crippen molar-refractivity contribution >= 4 is 0 Å². The van der Waals surface area contributed by atoms with Gasteiger partial charge < -0.3 is 55.6 Å². The Morgan fingerprint density at radius 3 is 1.72 bits per heavy atom. The molecular weight excluding hydrogens is 388 g/mol. The minimum atomic E-state index is -1.25. The van der Waals surface area contributed by atoms with E-state index >= 15 is 0 Å². The largest absolute Gasteiger partial charge is 0.394 e. The number of aliphatic hydroxyl groups excluding tert-OH is 4. The smallest absolute Gasteiger partial charge is 0.176 e. The molecule has 11 heteroatoms. The van der Waals surface area contributed by atoms with E-state index < -0.39 is 74.5 Å². The van der Waals surface area contributed by atoms with Crippen molar-refractivity contribution in [2.24, 2.45) is 11.5 Å². The average Bonchev–Trinajstić information content (AvgIpc) is 2.66. The van der Waals surface area contributed by atoms with E-state index in [0.29, 0.717) is 0 Å². The zero-order valence-electron chi connectivity index (χ0n) is 17.3. The summed E-state index contributed by atoms with van der Waals surface area (Å²) >= 11 is 0. The van der Waals surface area contributed by atoms with Crippen molar-refractivity contribution in [3.8, 4) is 0 Å². The molecule has 29 heavy (non-hydrogen) atoms. The molecule has 11 nitrogen and oxygen atoms in total. The van der Waals surface area contributed by atoms with Gasteiger partial charge in [0.15, 0.2) is 12.6 Å². The van der Waals surface area contributed by atoms with Crippen LogP contribution < -0.4 is 11.5 Å². The fourth-order valence-corrected chi connectivity index (χ4v) is 3.49. The van der Waals surface area contributed by atoms with Gasteiger partial charge in [-0.1, -0.05) is 0 Å². The summed E-state index contributed by atoms with van der Waals surface area (Å²) < 4.78 is 28.3. The molecule has 2 fully saturated rings. The van der Waals surface area contributed by atoms with Crippen LogP contribution in [0.1, 0.15) is 27.7 Å². The first kappa shape index (κ1) is 24.8. The maximum absolute atomic E-state index is 10.6. The zero-order chi connectivity index (χ0) is 21.9. The normalized spacial score (nSPS) is 43.9. The van der Waals surface area contributed by atoms with Crippen LogP contribution in [0.2, 0.25) is 0 Å². The first-order chi connectivity index (χ1) is 13.6. The Morgan fingerprint density at radius 1 is 0.759 bits per heavy atom. The maximum Gasteiger partial charge on any atom is 0.176 e. The molecule has 0 aliphatic carbocycles. The average molecular weight is 424 g/mol. The van der Waals surface area contributed by atoms with Gasteiger partial charge in [-0.3, -0.25) is 0 Å². The van der Waals surface area contributed by atoms with Gasteiger partial charge in [0.2, 0.25) is 0 Å². The highest BCUT2D eigenvalue weighted by Crippen LogP contribution is 2.29. The minimum absolute atomic E-state index is 0.205. The summed E-state index contributed by atoms with van der Waals surface area (Å²) in [6, 6.07) is -1.98. The molecule has 10 unspecified atom stereocenters. The van der Waals surface area contributed by atoms with Crippen LogP contribution >= 0.6 is 0 Å². The van der Waals surface area contributed by atoms with E-state index in [0.717, 1.165) is 0 Å². The summed E-state index contributed by atoms with van der Waals surface area (Å²) in [6.07, 6.45) is -8.78. The summed E-state index contributed by atoms with van der Waals surface area (Å²) in [5.41, 5.74) is 12.1. The molecule has 0 aromatic carbocycles. The molecule has 0 saturated carbocycles. The predicted molar refractivity (Wildman–Crippen MR) is 101 cm³/mol. The Morgan fingerprint density at radius 2 is 1.21 bits per heavy atom. The van der Waals surface area contributed by atoms with Crippen molar-refractivity contribution in [3.63, 3.8) is 0 Å². The van der Waals surface area contributed by atoms with Crippen LogP contribution in [0.15, 0.2) is 0 Å². The molecule has 172 valence electrons. The van der Waals surface area contributed by atoms with E-state index in [9.17, 15) is 20.4 Å². The van der Waals surface area contributed by atoms with E-state index in [1.165, 1.54) is 0 Å². The summed E-state index contributed by atoms with van der Waals surface area (Å²) in [5, 5.41) is 40.6. The molecule has 2 rings (SSSR count). The van der Waals surface area contributed by atoms with E-state index in [-0.39, 0.29) is 12.2 Å². The van der Waals surface area contributed by atoms with E-state index in [4.69, 9.17) is 35.2 Å². The van der Waals surface area contributed by atoms with Gasteiger partial charge in [0, 0.05) is 0 Å². The summed E-state index contributed by atoms with van der Waals surface area (Å²) in [7, 11) is 0. The predicted octanol–water partition coefficient (Wildman–Crippen LogP) is -2.60. The Kier molecular flexibility index (Phi) is 9.19. The molecular formula is C18H36N2O9. The van der Waals surface area contributed by atoms with Crippen LogP contribution in [0, 0.1) is 0 Å². The SMILES string of the molecule is CC(C)OC1OC(CO)C(OC2OC(CO)C(OC(C)C)C(O)C2N)C(O)C1N. The number of rotatable bonds is 8. The number of aliphatic hydroxyl groups is 4. The number of nitrogens with two attached hydrogens (primary N) is 2. The second kappa shape index (κ2) is 10.7. The van der Waals surface area contributed by atoms with Gasteiger partial charge in [0.05, 0.1) is 37.5 Å². The van der Waals surface area contributed by atoms with Crippen LogP contribution in [-0.2, 0) is 23.7 Å². The van der Waals surface area contributed by atoms with Crippen molar-refractivity contribution in [1.82, 2.24) is 0 Å². The Labute approximate surface area is 170 Å². The van der Waals surface area contributed by atoms with Crippen LogP contribution in [0.5, 0.6) is 0 Å². The number of ether oxygens (including phenoxy) is 5. The van der Waals surface area contributed by atoms with Crippen molar-refractivity contribution in [1.29, 1.82) is 0 Å². The quantitative estimate of drug-likeness (QED) is 0.241. The second-order valence-corrected chi connectivity index (χ2v) is 8.02. The minimum Gasteiger partial charge on any atom is -0.394 e. The highest BCUT2D eigenvalue weighted by Gasteiger charge is 2.50. The van der Waals surface area contributed by atoms with Crippen LogP contribution in [0.4, 0.5) is 0 Å². The van der Waals surface area contributed by atoms with Crippen molar-refractivity contribution in [2.75, 3.05) is 13.2 Å². The molecule has 0 aromatic heterocycles. The van der Waals surface area contributed by atoms with Crippen molar-refractivity contribution in [3.05, 3.63) is 0 Å². The van der Waals surface area contributed by atoms with Gasteiger partial charge in [-0.25, -0.2) is 0 Å². The lowest BCUT2D eigenvalue weighted by molar-refractivity contribution is -0.335. The van der Waals surface area contributed by atoms with Crippen LogP contribution in [0.3, 0.4) is 0 Å². The fourth-order valence-electron chi connectivity index (χ4n) is 3.49. The molecule has 0 aromatic rings. The van der Waals surface area contributed by atoms with Gasteiger partial charge in [-0.05, 0) is 27.7 Å². The topological polar surface area (TPSA) is 179 Å². The van der Waals surface area contributed by atoms with Crippen LogP contribution in [-0.4, -0.2) is 107 Å². The van der Waals surface area contributed by atoms with Gasteiger partial charge >= 0.3 is 0 Å².